The Kier molecular flexibility index (Phi) is 7.05. The van der Waals surface area contributed by atoms with E-state index in [1.807, 2.05) is 13.8 Å². The molecule has 0 aromatic heterocycles. The molecule has 0 aliphatic carbocycles. The summed E-state index contributed by atoms with van der Waals surface area (Å²) >= 11 is 0. The van der Waals surface area contributed by atoms with Crippen LogP contribution in [0.2, 0.25) is 0 Å². The van der Waals surface area contributed by atoms with Crippen molar-refractivity contribution in [1.82, 2.24) is 5.43 Å². The summed E-state index contributed by atoms with van der Waals surface area (Å²) in [5.74, 6) is 5.36. The fraction of sp³-hybridized carbons (Fsp3) is 0.778. The molecule has 0 bridgehead atoms. The highest BCUT2D eigenvalue weighted by atomic mass is 16.5. The molecule has 0 rings (SSSR count). The molecule has 0 aromatic carbocycles. The molecule has 0 aliphatic heterocycles. The Balaban J connectivity index is 3.46. The first kappa shape index (κ1) is 11.6. The van der Waals surface area contributed by atoms with Crippen molar-refractivity contribution in [3.05, 3.63) is 12.2 Å². The number of rotatable bonds is 7. The first-order valence-corrected chi connectivity index (χ1v) is 4.39. The smallest absolute Gasteiger partial charge is 0.0481 e. The van der Waals surface area contributed by atoms with Crippen molar-refractivity contribution in [2.24, 2.45) is 5.84 Å². The van der Waals surface area contributed by atoms with Gasteiger partial charge < -0.3 is 4.74 Å². The highest BCUT2D eigenvalue weighted by Gasteiger charge is 2.05. The average Bonchev–Trinajstić information content (AvgIpc) is 2.02. The maximum absolute atomic E-state index is 5.36. The summed E-state index contributed by atoms with van der Waals surface area (Å²) in [6.45, 7) is 9.36. The lowest BCUT2D eigenvalue weighted by molar-refractivity contribution is 0.136. The predicted octanol–water partition coefficient (Wildman–Crippen LogP) is 1.21. The summed E-state index contributed by atoms with van der Waals surface area (Å²) in [5.41, 5.74) is 3.90. The molecule has 72 valence electrons. The molecular formula is C9H20N2O. The molecule has 3 heteroatoms. The Morgan fingerprint density at radius 1 is 1.67 bits per heavy atom. The van der Waals surface area contributed by atoms with Crippen LogP contribution in [0.15, 0.2) is 12.2 Å². The van der Waals surface area contributed by atoms with Gasteiger partial charge in [0.05, 0.1) is 0 Å². The molecule has 0 saturated carbocycles. The molecule has 3 N–H and O–H groups in total. The minimum atomic E-state index is 0.300. The van der Waals surface area contributed by atoms with Crippen LogP contribution in [0.1, 0.15) is 26.7 Å². The maximum atomic E-state index is 5.36. The van der Waals surface area contributed by atoms with E-state index in [-0.39, 0.29) is 0 Å². The van der Waals surface area contributed by atoms with E-state index in [9.17, 15) is 0 Å². The van der Waals surface area contributed by atoms with Gasteiger partial charge in [0, 0.05) is 19.3 Å². The Bertz CT molecular complexity index is 126. The first-order chi connectivity index (χ1) is 5.70. The van der Waals surface area contributed by atoms with E-state index in [2.05, 4.69) is 12.0 Å². The number of nitrogens with two attached hydrogens (primary N) is 1. The molecule has 0 saturated heterocycles. The van der Waals surface area contributed by atoms with E-state index in [1.165, 1.54) is 0 Å². The van der Waals surface area contributed by atoms with Crippen LogP contribution in [0.3, 0.4) is 0 Å². The Morgan fingerprint density at radius 3 is 2.75 bits per heavy atom. The van der Waals surface area contributed by atoms with E-state index in [0.717, 1.165) is 31.6 Å². The van der Waals surface area contributed by atoms with E-state index in [4.69, 9.17) is 10.6 Å². The second-order valence-corrected chi connectivity index (χ2v) is 3.01. The average molecular weight is 172 g/mol. The lowest BCUT2D eigenvalue weighted by Crippen LogP contribution is -2.36. The predicted molar refractivity (Wildman–Crippen MR) is 51.7 cm³/mol. The van der Waals surface area contributed by atoms with Gasteiger partial charge in [-0.15, -0.1) is 6.58 Å². The highest BCUT2D eigenvalue weighted by Crippen LogP contribution is 2.04. The zero-order chi connectivity index (χ0) is 9.40. The second kappa shape index (κ2) is 7.28. The van der Waals surface area contributed by atoms with E-state index in [0.29, 0.717) is 6.04 Å². The summed E-state index contributed by atoms with van der Waals surface area (Å²) in [7, 11) is 0. The fourth-order valence-electron chi connectivity index (χ4n) is 1.03. The number of nitrogens with one attached hydrogen (secondary N) is 1. The van der Waals surface area contributed by atoms with Crippen molar-refractivity contribution >= 4 is 0 Å². The highest BCUT2D eigenvalue weighted by molar-refractivity contribution is 4.92. The van der Waals surface area contributed by atoms with Crippen LogP contribution in [0, 0.1) is 0 Å². The molecule has 1 atom stereocenters. The van der Waals surface area contributed by atoms with Crippen molar-refractivity contribution in [3.8, 4) is 0 Å². The zero-order valence-electron chi connectivity index (χ0n) is 8.10. The molecule has 0 fully saturated rings. The van der Waals surface area contributed by atoms with Crippen LogP contribution in [-0.2, 0) is 4.74 Å². The van der Waals surface area contributed by atoms with Crippen molar-refractivity contribution in [3.63, 3.8) is 0 Å². The van der Waals surface area contributed by atoms with Gasteiger partial charge in [-0.25, -0.2) is 0 Å². The lowest BCUT2D eigenvalue weighted by atomic mass is 10.1. The number of hydrogen-bond acceptors (Lipinski definition) is 3. The third-order valence-corrected chi connectivity index (χ3v) is 1.65. The van der Waals surface area contributed by atoms with Crippen LogP contribution in [0.4, 0.5) is 0 Å². The van der Waals surface area contributed by atoms with Crippen molar-refractivity contribution in [1.29, 1.82) is 0 Å². The van der Waals surface area contributed by atoms with Crippen LogP contribution >= 0.6 is 0 Å². The van der Waals surface area contributed by atoms with Crippen molar-refractivity contribution in [2.45, 2.75) is 32.7 Å². The van der Waals surface area contributed by atoms with Gasteiger partial charge in [0.2, 0.25) is 0 Å². The summed E-state index contributed by atoms with van der Waals surface area (Å²) < 4.78 is 5.22. The Hall–Kier alpha value is -0.380. The molecule has 0 radical (unpaired) electrons. The summed E-state index contributed by atoms with van der Waals surface area (Å²) in [6.07, 6.45) is 1.86. The van der Waals surface area contributed by atoms with Gasteiger partial charge in [-0.3, -0.25) is 11.3 Å². The van der Waals surface area contributed by atoms with Gasteiger partial charge in [0.1, 0.15) is 0 Å². The molecule has 0 aromatic rings. The van der Waals surface area contributed by atoms with Gasteiger partial charge in [-0.05, 0) is 26.7 Å². The Morgan fingerprint density at radius 2 is 2.33 bits per heavy atom. The van der Waals surface area contributed by atoms with Gasteiger partial charge in [-0.1, -0.05) is 5.57 Å². The lowest BCUT2D eigenvalue weighted by Gasteiger charge is -2.15. The molecule has 3 nitrogen and oxygen atoms in total. The molecule has 12 heavy (non-hydrogen) atoms. The van der Waals surface area contributed by atoms with Crippen molar-refractivity contribution in [2.75, 3.05) is 13.2 Å². The number of hydrazine groups is 1. The van der Waals surface area contributed by atoms with Gasteiger partial charge in [-0.2, -0.15) is 0 Å². The van der Waals surface area contributed by atoms with Gasteiger partial charge in [0.15, 0.2) is 0 Å². The minimum absolute atomic E-state index is 0.300. The first-order valence-electron chi connectivity index (χ1n) is 4.39. The maximum Gasteiger partial charge on any atom is 0.0481 e. The van der Waals surface area contributed by atoms with Crippen LogP contribution < -0.4 is 11.3 Å². The second-order valence-electron chi connectivity index (χ2n) is 3.01. The molecule has 0 spiro atoms. The molecular weight excluding hydrogens is 152 g/mol. The summed E-state index contributed by atoms with van der Waals surface area (Å²) in [4.78, 5) is 0. The summed E-state index contributed by atoms with van der Waals surface area (Å²) in [6, 6.07) is 0.300. The van der Waals surface area contributed by atoms with Crippen molar-refractivity contribution < 1.29 is 4.74 Å². The van der Waals surface area contributed by atoms with Gasteiger partial charge in [0.25, 0.3) is 0 Å². The van der Waals surface area contributed by atoms with E-state index < -0.39 is 0 Å². The molecule has 0 heterocycles. The third kappa shape index (κ3) is 6.34. The zero-order valence-corrected chi connectivity index (χ0v) is 8.10. The van der Waals surface area contributed by atoms with Crippen LogP contribution in [0.5, 0.6) is 0 Å². The Labute approximate surface area is 74.9 Å². The topological polar surface area (TPSA) is 47.3 Å². The minimum Gasteiger partial charge on any atom is -0.382 e. The standard InChI is InChI=1S/C9H20N2O/c1-4-12-6-5-9(11-10)7-8(2)3/h9,11H,2,4-7,10H2,1,3H3. The molecule has 0 amide bonds. The normalized spacial score (nSPS) is 12.9. The third-order valence-electron chi connectivity index (χ3n) is 1.65. The van der Waals surface area contributed by atoms with Crippen LogP contribution in [0.25, 0.3) is 0 Å². The summed E-state index contributed by atoms with van der Waals surface area (Å²) in [5, 5.41) is 0. The molecule has 0 aliphatic rings. The number of hydrogen-bond donors (Lipinski definition) is 2. The number of ether oxygens (including phenoxy) is 1. The molecule has 1 unspecified atom stereocenters. The van der Waals surface area contributed by atoms with E-state index in [1.54, 1.807) is 0 Å². The van der Waals surface area contributed by atoms with Crippen LogP contribution in [-0.4, -0.2) is 19.3 Å². The van der Waals surface area contributed by atoms with Gasteiger partial charge >= 0.3 is 0 Å². The quantitative estimate of drug-likeness (QED) is 0.263. The van der Waals surface area contributed by atoms with E-state index >= 15 is 0 Å². The SMILES string of the molecule is C=C(C)CC(CCOCC)NN. The fourth-order valence-corrected chi connectivity index (χ4v) is 1.03. The largest absolute Gasteiger partial charge is 0.382 e. The monoisotopic (exact) mass is 172 g/mol.